The van der Waals surface area contributed by atoms with Crippen LogP contribution in [0.4, 0.5) is 4.79 Å². The van der Waals surface area contributed by atoms with Crippen LogP contribution in [0.25, 0.3) is 0 Å². The highest BCUT2D eigenvalue weighted by Crippen LogP contribution is 2.25. The third-order valence-electron chi connectivity index (χ3n) is 3.99. The van der Waals surface area contributed by atoms with Crippen molar-refractivity contribution in [3.8, 4) is 0 Å². The lowest BCUT2D eigenvalue weighted by Crippen LogP contribution is -2.51. The maximum atomic E-state index is 12.3. The van der Waals surface area contributed by atoms with Crippen LogP contribution in [0.1, 0.15) is 32.3 Å². The number of aliphatic carboxylic acids is 1. The minimum absolute atomic E-state index is 0.0147. The average molecular weight is 321 g/mol. The number of amides is 1. The molecule has 0 bridgehead atoms. The highest BCUT2D eigenvalue weighted by atomic mass is 16.6. The molecule has 1 aliphatic heterocycles. The van der Waals surface area contributed by atoms with Crippen molar-refractivity contribution in [3.63, 3.8) is 0 Å². The molecule has 1 N–H and O–H groups in total. The molecule has 1 aromatic rings. The van der Waals surface area contributed by atoms with E-state index in [1.165, 1.54) is 4.90 Å². The molecule has 1 aliphatic rings. The monoisotopic (exact) mass is 321 g/mol. The fourth-order valence-corrected chi connectivity index (χ4v) is 2.80. The van der Waals surface area contributed by atoms with E-state index in [2.05, 4.69) is 0 Å². The lowest BCUT2D eigenvalue weighted by atomic mass is 10.1. The molecule has 1 saturated heterocycles. The third kappa shape index (κ3) is 4.45. The summed E-state index contributed by atoms with van der Waals surface area (Å²) in [6.07, 6.45) is 0.311. The molecule has 0 radical (unpaired) electrons. The van der Waals surface area contributed by atoms with Gasteiger partial charge in [0.15, 0.2) is 6.04 Å². The smallest absolute Gasteiger partial charge is 0.410 e. The second-order valence-corrected chi connectivity index (χ2v) is 5.67. The van der Waals surface area contributed by atoms with Gasteiger partial charge in [-0.2, -0.15) is 0 Å². The van der Waals surface area contributed by atoms with Crippen LogP contribution in [0.2, 0.25) is 0 Å². The van der Waals surface area contributed by atoms with Gasteiger partial charge < -0.3 is 14.6 Å². The Bertz CT molecular complexity index is 533. The molecule has 126 valence electrons. The third-order valence-corrected chi connectivity index (χ3v) is 3.99. The van der Waals surface area contributed by atoms with Crippen molar-refractivity contribution in [2.75, 3.05) is 6.54 Å². The number of carbonyl (C=O) groups excluding carboxylic acids is 1. The summed E-state index contributed by atoms with van der Waals surface area (Å²) in [7, 11) is 0. The molecule has 6 heteroatoms. The summed E-state index contributed by atoms with van der Waals surface area (Å²) in [5.74, 6) is -1.07. The zero-order valence-electron chi connectivity index (χ0n) is 13.5. The SMILES string of the molecule is CCN(C(=O)OCc1ccccc1)C(C(=O)O)C1CCC(C)O1. The Hall–Kier alpha value is -2.08. The van der Waals surface area contributed by atoms with E-state index in [4.69, 9.17) is 9.47 Å². The van der Waals surface area contributed by atoms with Gasteiger partial charge in [-0.15, -0.1) is 0 Å². The number of benzene rings is 1. The Morgan fingerprint density at radius 1 is 1.35 bits per heavy atom. The van der Waals surface area contributed by atoms with Crippen molar-refractivity contribution in [3.05, 3.63) is 35.9 Å². The summed E-state index contributed by atoms with van der Waals surface area (Å²) < 4.78 is 10.9. The molecule has 1 heterocycles. The Morgan fingerprint density at radius 3 is 2.57 bits per heavy atom. The molecule has 23 heavy (non-hydrogen) atoms. The minimum atomic E-state index is -1.07. The number of carbonyl (C=O) groups is 2. The molecule has 0 spiro atoms. The first-order valence-corrected chi connectivity index (χ1v) is 7.88. The highest BCUT2D eigenvalue weighted by Gasteiger charge is 2.40. The fourth-order valence-electron chi connectivity index (χ4n) is 2.80. The van der Waals surface area contributed by atoms with Gasteiger partial charge >= 0.3 is 12.1 Å². The average Bonchev–Trinajstić information content (AvgIpc) is 2.96. The zero-order valence-corrected chi connectivity index (χ0v) is 13.5. The predicted molar refractivity (Wildman–Crippen MR) is 84.0 cm³/mol. The molecular formula is C17H23NO5. The van der Waals surface area contributed by atoms with E-state index in [9.17, 15) is 14.7 Å². The largest absolute Gasteiger partial charge is 0.480 e. The number of nitrogens with zero attached hydrogens (tertiary/aromatic N) is 1. The lowest BCUT2D eigenvalue weighted by Gasteiger charge is -2.30. The first-order chi connectivity index (χ1) is 11.0. The van der Waals surface area contributed by atoms with E-state index < -0.39 is 24.2 Å². The number of carboxylic acid groups (broad SMARTS) is 1. The first kappa shape index (κ1) is 17.3. The molecule has 6 nitrogen and oxygen atoms in total. The van der Waals surface area contributed by atoms with Crippen LogP contribution in [-0.4, -0.2) is 46.9 Å². The Kier molecular flexibility index (Phi) is 5.98. The Balaban J connectivity index is 2.03. The Labute approximate surface area is 136 Å². The van der Waals surface area contributed by atoms with E-state index in [-0.39, 0.29) is 19.3 Å². The van der Waals surface area contributed by atoms with Crippen molar-refractivity contribution < 1.29 is 24.2 Å². The molecular weight excluding hydrogens is 298 g/mol. The van der Waals surface area contributed by atoms with E-state index in [0.29, 0.717) is 6.42 Å². The van der Waals surface area contributed by atoms with Crippen LogP contribution in [0.15, 0.2) is 30.3 Å². The van der Waals surface area contributed by atoms with Gasteiger partial charge in [0.2, 0.25) is 0 Å². The second kappa shape index (κ2) is 7.97. The normalized spacial score (nSPS) is 21.7. The highest BCUT2D eigenvalue weighted by molar-refractivity contribution is 5.80. The van der Waals surface area contributed by atoms with Crippen molar-refractivity contribution in [2.24, 2.45) is 0 Å². The summed E-state index contributed by atoms with van der Waals surface area (Å²) >= 11 is 0. The molecule has 1 fully saturated rings. The van der Waals surface area contributed by atoms with Crippen molar-refractivity contribution >= 4 is 12.1 Å². The van der Waals surface area contributed by atoms with Crippen LogP contribution in [0.5, 0.6) is 0 Å². The summed E-state index contributed by atoms with van der Waals surface area (Å²) in [6.45, 7) is 4.00. The molecule has 0 aromatic heterocycles. The molecule has 1 amide bonds. The molecule has 3 atom stereocenters. The standard InChI is InChI=1S/C17H23NO5/c1-3-18(15(16(19)20)14-10-9-12(2)23-14)17(21)22-11-13-7-5-4-6-8-13/h4-8,12,14-15H,3,9-11H2,1-2H3,(H,19,20). The maximum absolute atomic E-state index is 12.3. The minimum Gasteiger partial charge on any atom is -0.480 e. The number of hydrogen-bond acceptors (Lipinski definition) is 4. The molecule has 3 unspecified atom stereocenters. The van der Waals surface area contributed by atoms with E-state index >= 15 is 0 Å². The van der Waals surface area contributed by atoms with Gasteiger partial charge in [-0.1, -0.05) is 30.3 Å². The van der Waals surface area contributed by atoms with Gasteiger partial charge in [0.25, 0.3) is 0 Å². The van der Waals surface area contributed by atoms with Crippen LogP contribution in [0.3, 0.4) is 0 Å². The number of hydrogen-bond donors (Lipinski definition) is 1. The van der Waals surface area contributed by atoms with Gasteiger partial charge in [-0.3, -0.25) is 4.90 Å². The topological polar surface area (TPSA) is 76.1 Å². The Morgan fingerprint density at radius 2 is 2.04 bits per heavy atom. The van der Waals surface area contributed by atoms with Crippen LogP contribution in [-0.2, 0) is 20.9 Å². The van der Waals surface area contributed by atoms with Crippen molar-refractivity contribution in [2.45, 2.75) is 51.5 Å². The number of carboxylic acids is 1. The van der Waals surface area contributed by atoms with Gasteiger partial charge in [-0.25, -0.2) is 9.59 Å². The van der Waals surface area contributed by atoms with E-state index in [1.54, 1.807) is 6.92 Å². The number of ether oxygens (including phenoxy) is 2. The summed E-state index contributed by atoms with van der Waals surface area (Å²) in [5, 5.41) is 9.53. The second-order valence-electron chi connectivity index (χ2n) is 5.67. The van der Waals surface area contributed by atoms with Crippen LogP contribution >= 0.6 is 0 Å². The van der Waals surface area contributed by atoms with Gasteiger partial charge in [0, 0.05) is 6.54 Å². The zero-order chi connectivity index (χ0) is 16.8. The first-order valence-electron chi connectivity index (χ1n) is 7.88. The molecule has 2 rings (SSSR count). The van der Waals surface area contributed by atoms with E-state index in [0.717, 1.165) is 12.0 Å². The summed E-state index contributed by atoms with van der Waals surface area (Å²) in [6, 6.07) is 8.26. The van der Waals surface area contributed by atoms with Crippen LogP contribution in [0, 0.1) is 0 Å². The molecule has 0 saturated carbocycles. The summed E-state index contributed by atoms with van der Waals surface area (Å²) in [5.41, 5.74) is 0.856. The predicted octanol–water partition coefficient (Wildman–Crippen LogP) is 2.67. The molecule has 0 aliphatic carbocycles. The number of rotatable bonds is 6. The fraction of sp³-hybridized carbons (Fsp3) is 0.529. The number of likely N-dealkylation sites (N-methyl/N-ethyl adjacent to an activating group) is 1. The van der Waals surface area contributed by atoms with Gasteiger partial charge in [-0.05, 0) is 32.3 Å². The van der Waals surface area contributed by atoms with Crippen LogP contribution < -0.4 is 0 Å². The molecule has 1 aromatic carbocycles. The summed E-state index contributed by atoms with van der Waals surface area (Å²) in [4.78, 5) is 25.2. The van der Waals surface area contributed by atoms with Gasteiger partial charge in [0.1, 0.15) is 6.61 Å². The van der Waals surface area contributed by atoms with E-state index in [1.807, 2.05) is 37.3 Å². The maximum Gasteiger partial charge on any atom is 0.410 e. The van der Waals surface area contributed by atoms with Gasteiger partial charge in [0.05, 0.1) is 12.2 Å². The quantitative estimate of drug-likeness (QED) is 0.872. The van der Waals surface area contributed by atoms with Crippen molar-refractivity contribution in [1.29, 1.82) is 0 Å². The lowest BCUT2D eigenvalue weighted by molar-refractivity contribution is -0.148. The van der Waals surface area contributed by atoms with Crippen molar-refractivity contribution in [1.82, 2.24) is 4.90 Å².